The average Bonchev–Trinajstić information content (AvgIpc) is 2.53. The fourth-order valence-corrected chi connectivity index (χ4v) is 2.74. The van der Waals surface area contributed by atoms with E-state index < -0.39 is 0 Å². The van der Waals surface area contributed by atoms with Gasteiger partial charge in [0.2, 0.25) is 0 Å². The lowest BCUT2D eigenvalue weighted by Crippen LogP contribution is -2.38. The van der Waals surface area contributed by atoms with Crippen LogP contribution in [0.5, 0.6) is 0 Å². The summed E-state index contributed by atoms with van der Waals surface area (Å²) in [6.45, 7) is 9.22. The lowest BCUT2D eigenvalue weighted by molar-refractivity contribution is 0.190. The van der Waals surface area contributed by atoms with Gasteiger partial charge in [-0.15, -0.1) is 0 Å². The van der Waals surface area contributed by atoms with Crippen molar-refractivity contribution in [2.45, 2.75) is 39.7 Å². The van der Waals surface area contributed by atoms with E-state index in [4.69, 9.17) is 0 Å². The van der Waals surface area contributed by atoms with Crippen molar-refractivity contribution in [1.29, 1.82) is 0 Å². The molecule has 122 valence electrons. The highest BCUT2D eigenvalue weighted by Crippen LogP contribution is 2.15. The molecule has 1 fully saturated rings. The van der Waals surface area contributed by atoms with Gasteiger partial charge in [-0.2, -0.15) is 0 Å². The zero-order valence-electron chi connectivity index (χ0n) is 13.9. The molecule has 1 aromatic carbocycles. The third kappa shape index (κ3) is 6.06. The second-order valence-electron chi connectivity index (χ2n) is 6.47. The van der Waals surface area contributed by atoms with Gasteiger partial charge in [-0.05, 0) is 57.3 Å². The third-order valence-electron chi connectivity index (χ3n) is 4.39. The van der Waals surface area contributed by atoms with Crippen LogP contribution in [-0.2, 0) is 6.54 Å². The number of nitrogens with one attached hydrogen (secondary N) is 2. The molecule has 1 aliphatic heterocycles. The van der Waals surface area contributed by atoms with Crippen molar-refractivity contribution >= 4 is 6.03 Å². The van der Waals surface area contributed by atoms with Gasteiger partial charge >= 0.3 is 6.03 Å². The molecule has 2 N–H and O–H groups in total. The number of aryl methyl sites for hydroxylation is 1. The molecule has 22 heavy (non-hydrogen) atoms. The monoisotopic (exact) mass is 303 g/mol. The van der Waals surface area contributed by atoms with Crippen LogP contribution in [0.15, 0.2) is 24.3 Å². The summed E-state index contributed by atoms with van der Waals surface area (Å²) in [5, 5.41) is 5.83. The number of piperidine rings is 1. The van der Waals surface area contributed by atoms with E-state index in [-0.39, 0.29) is 6.03 Å². The molecular weight excluding hydrogens is 274 g/mol. The second kappa shape index (κ2) is 8.79. The van der Waals surface area contributed by atoms with Crippen molar-refractivity contribution in [3.8, 4) is 0 Å². The van der Waals surface area contributed by atoms with Gasteiger partial charge in [-0.25, -0.2) is 4.79 Å². The van der Waals surface area contributed by atoms with Gasteiger partial charge in [-0.1, -0.05) is 36.8 Å². The van der Waals surface area contributed by atoms with Crippen LogP contribution in [0.2, 0.25) is 0 Å². The van der Waals surface area contributed by atoms with E-state index in [1.54, 1.807) is 0 Å². The molecule has 2 amide bonds. The topological polar surface area (TPSA) is 44.4 Å². The Morgan fingerprint density at radius 1 is 1.18 bits per heavy atom. The minimum atomic E-state index is -0.0761. The quantitative estimate of drug-likeness (QED) is 0.794. The van der Waals surface area contributed by atoms with Crippen LogP contribution in [0, 0.1) is 12.8 Å². The summed E-state index contributed by atoms with van der Waals surface area (Å²) >= 11 is 0. The second-order valence-corrected chi connectivity index (χ2v) is 6.47. The van der Waals surface area contributed by atoms with E-state index in [0.717, 1.165) is 31.0 Å². The van der Waals surface area contributed by atoms with Gasteiger partial charge in [0.15, 0.2) is 0 Å². The van der Waals surface area contributed by atoms with Crippen molar-refractivity contribution in [3.63, 3.8) is 0 Å². The molecule has 0 bridgehead atoms. The van der Waals surface area contributed by atoms with Gasteiger partial charge in [0.1, 0.15) is 0 Å². The Morgan fingerprint density at radius 2 is 1.86 bits per heavy atom. The molecule has 1 saturated heterocycles. The number of hydrogen-bond acceptors (Lipinski definition) is 2. The first-order valence-corrected chi connectivity index (χ1v) is 8.43. The Bertz CT molecular complexity index is 450. The average molecular weight is 303 g/mol. The maximum Gasteiger partial charge on any atom is 0.315 e. The fourth-order valence-electron chi connectivity index (χ4n) is 2.74. The normalized spacial score (nSPS) is 16.5. The highest BCUT2D eigenvalue weighted by atomic mass is 16.2. The van der Waals surface area contributed by atoms with E-state index in [9.17, 15) is 4.79 Å². The van der Waals surface area contributed by atoms with Crippen molar-refractivity contribution in [2.24, 2.45) is 5.92 Å². The van der Waals surface area contributed by atoms with Crippen LogP contribution >= 0.6 is 0 Å². The first-order chi connectivity index (χ1) is 10.6. The van der Waals surface area contributed by atoms with E-state index in [0.29, 0.717) is 6.54 Å². The van der Waals surface area contributed by atoms with Crippen LogP contribution in [0.25, 0.3) is 0 Å². The van der Waals surface area contributed by atoms with Gasteiger partial charge in [0, 0.05) is 13.1 Å². The summed E-state index contributed by atoms with van der Waals surface area (Å²) in [4.78, 5) is 14.2. The molecule has 0 spiro atoms. The molecule has 0 radical (unpaired) electrons. The highest BCUT2D eigenvalue weighted by Gasteiger charge is 2.14. The predicted octanol–water partition coefficient (Wildman–Crippen LogP) is 2.92. The number of benzene rings is 1. The number of urea groups is 1. The molecule has 4 heteroatoms. The molecular formula is C18H29N3O. The highest BCUT2D eigenvalue weighted by molar-refractivity contribution is 5.73. The lowest BCUT2D eigenvalue weighted by atomic mass is 9.99. The van der Waals surface area contributed by atoms with Crippen molar-refractivity contribution in [1.82, 2.24) is 15.5 Å². The smallest absolute Gasteiger partial charge is 0.315 e. The summed E-state index contributed by atoms with van der Waals surface area (Å²) in [5.41, 5.74) is 2.36. The minimum Gasteiger partial charge on any atom is -0.338 e. The Hall–Kier alpha value is -1.55. The molecule has 0 aliphatic carbocycles. The predicted molar refractivity (Wildman–Crippen MR) is 90.9 cm³/mol. The van der Waals surface area contributed by atoms with Crippen LogP contribution in [0.1, 0.15) is 37.3 Å². The van der Waals surface area contributed by atoms with Crippen molar-refractivity contribution < 1.29 is 4.79 Å². The van der Waals surface area contributed by atoms with Crippen LogP contribution in [0.3, 0.4) is 0 Å². The number of carbonyl (C=O) groups excluding carboxylic acids is 1. The summed E-state index contributed by atoms with van der Waals surface area (Å²) in [6, 6.07) is 8.15. The van der Waals surface area contributed by atoms with Gasteiger partial charge < -0.3 is 15.5 Å². The number of nitrogens with zero attached hydrogens (tertiary/aromatic N) is 1. The maximum absolute atomic E-state index is 11.7. The number of carbonyl (C=O) groups is 1. The summed E-state index contributed by atoms with van der Waals surface area (Å²) in [6.07, 6.45) is 3.64. The van der Waals surface area contributed by atoms with Gasteiger partial charge in [0.05, 0.1) is 0 Å². The summed E-state index contributed by atoms with van der Waals surface area (Å²) < 4.78 is 0. The Morgan fingerprint density at radius 3 is 2.55 bits per heavy atom. The van der Waals surface area contributed by atoms with E-state index >= 15 is 0 Å². The van der Waals surface area contributed by atoms with E-state index in [1.807, 2.05) is 12.1 Å². The molecule has 1 aromatic rings. The molecule has 0 saturated carbocycles. The molecule has 2 rings (SSSR count). The van der Waals surface area contributed by atoms with E-state index in [2.05, 4.69) is 41.5 Å². The molecule has 4 nitrogen and oxygen atoms in total. The first kappa shape index (κ1) is 16.8. The zero-order chi connectivity index (χ0) is 15.8. The molecule has 0 unspecified atom stereocenters. The van der Waals surface area contributed by atoms with Crippen LogP contribution in [-0.4, -0.2) is 37.1 Å². The van der Waals surface area contributed by atoms with Gasteiger partial charge in [-0.3, -0.25) is 0 Å². The molecule has 1 aliphatic rings. The van der Waals surface area contributed by atoms with Gasteiger partial charge in [0.25, 0.3) is 0 Å². The Labute approximate surface area is 134 Å². The van der Waals surface area contributed by atoms with Crippen molar-refractivity contribution in [3.05, 3.63) is 35.4 Å². The van der Waals surface area contributed by atoms with Crippen LogP contribution in [0.4, 0.5) is 4.79 Å². The minimum absolute atomic E-state index is 0.0761. The summed E-state index contributed by atoms with van der Waals surface area (Å²) in [5.74, 6) is 0.877. The fraction of sp³-hybridized carbons (Fsp3) is 0.611. The Kier molecular flexibility index (Phi) is 6.72. The largest absolute Gasteiger partial charge is 0.338 e. The van der Waals surface area contributed by atoms with E-state index in [1.165, 1.54) is 31.5 Å². The SMILES string of the molecule is Cc1ccc(CNC(=O)NCCCN2CCC(C)CC2)cc1. The standard InChI is InChI=1S/C18H29N3O/c1-15-4-6-17(7-5-15)14-20-18(22)19-10-3-11-21-12-8-16(2)9-13-21/h4-7,16H,3,8-14H2,1-2H3,(H2,19,20,22). The van der Waals surface area contributed by atoms with Crippen molar-refractivity contribution in [2.75, 3.05) is 26.2 Å². The first-order valence-electron chi connectivity index (χ1n) is 8.43. The number of rotatable bonds is 6. The third-order valence-corrected chi connectivity index (χ3v) is 4.39. The number of amides is 2. The maximum atomic E-state index is 11.7. The molecule has 0 aromatic heterocycles. The lowest BCUT2D eigenvalue weighted by Gasteiger charge is -2.30. The Balaban J connectivity index is 1.53. The number of likely N-dealkylation sites (tertiary alicyclic amines) is 1. The zero-order valence-corrected chi connectivity index (χ0v) is 13.9. The number of hydrogen-bond donors (Lipinski definition) is 2. The summed E-state index contributed by atoms with van der Waals surface area (Å²) in [7, 11) is 0. The molecule has 1 heterocycles. The molecule has 0 atom stereocenters. The van der Waals surface area contributed by atoms with Crippen LogP contribution < -0.4 is 10.6 Å².